The number of thioether (sulfide) groups is 1. The Labute approximate surface area is 117 Å². The van der Waals surface area contributed by atoms with Crippen LogP contribution in [0.4, 0.5) is 0 Å². The van der Waals surface area contributed by atoms with Crippen LogP contribution in [0, 0.1) is 0 Å². The van der Waals surface area contributed by atoms with Gasteiger partial charge in [-0.25, -0.2) is 4.98 Å². The minimum Gasteiger partial charge on any atom is -0.345 e. The van der Waals surface area contributed by atoms with Gasteiger partial charge in [-0.15, -0.1) is 0 Å². The Hall–Kier alpha value is -1.49. The quantitative estimate of drug-likeness (QED) is 0.826. The molecule has 5 heteroatoms. The van der Waals surface area contributed by atoms with Gasteiger partial charge < -0.3 is 9.88 Å². The summed E-state index contributed by atoms with van der Waals surface area (Å²) < 4.78 is 0. The summed E-state index contributed by atoms with van der Waals surface area (Å²) in [6, 6.07) is 7.88. The van der Waals surface area contributed by atoms with Gasteiger partial charge in [-0.1, -0.05) is 37.2 Å². The molecule has 2 rings (SSSR count). The van der Waals surface area contributed by atoms with Crippen molar-refractivity contribution in [1.82, 2.24) is 14.9 Å². The fourth-order valence-electron chi connectivity index (χ4n) is 1.76. The lowest BCUT2D eigenvalue weighted by Crippen LogP contribution is -2.29. The number of para-hydroxylation sites is 2. The van der Waals surface area contributed by atoms with E-state index in [0.717, 1.165) is 35.6 Å². The number of aromatic amines is 1. The average Bonchev–Trinajstić information content (AvgIpc) is 2.84. The molecule has 0 aliphatic heterocycles. The van der Waals surface area contributed by atoms with Gasteiger partial charge in [0.05, 0.1) is 16.8 Å². The largest absolute Gasteiger partial charge is 0.345 e. The van der Waals surface area contributed by atoms with Gasteiger partial charge in [-0.2, -0.15) is 0 Å². The first kappa shape index (κ1) is 13.9. The van der Waals surface area contributed by atoms with Crippen LogP contribution in [0.25, 0.3) is 11.0 Å². The number of carbonyl (C=O) groups is 1. The molecule has 0 aliphatic rings. The predicted molar refractivity (Wildman–Crippen MR) is 79.4 cm³/mol. The molecule has 1 N–H and O–H groups in total. The lowest BCUT2D eigenvalue weighted by molar-refractivity contribution is -0.127. The van der Waals surface area contributed by atoms with Gasteiger partial charge in [0.25, 0.3) is 0 Å². The van der Waals surface area contributed by atoms with Gasteiger partial charge in [0.15, 0.2) is 5.16 Å². The first-order chi connectivity index (χ1) is 9.20. The van der Waals surface area contributed by atoms with Crippen LogP contribution in [-0.2, 0) is 4.79 Å². The fraction of sp³-hybridized carbons (Fsp3) is 0.429. The maximum Gasteiger partial charge on any atom is 0.232 e. The summed E-state index contributed by atoms with van der Waals surface area (Å²) in [5, 5.41) is 0.804. The molecule has 0 unspecified atom stereocenters. The minimum absolute atomic E-state index is 0.152. The summed E-state index contributed by atoms with van der Waals surface area (Å²) in [6.07, 6.45) is 2.16. The molecule has 1 aromatic heterocycles. The van der Waals surface area contributed by atoms with Gasteiger partial charge >= 0.3 is 0 Å². The maximum atomic E-state index is 11.9. The Morgan fingerprint density at radius 3 is 2.95 bits per heavy atom. The minimum atomic E-state index is 0.152. The third-order valence-electron chi connectivity index (χ3n) is 2.97. The number of aromatic nitrogens is 2. The van der Waals surface area contributed by atoms with Gasteiger partial charge in [0.1, 0.15) is 0 Å². The molecule has 0 aliphatic carbocycles. The number of imidazole rings is 1. The number of H-pyrrole nitrogens is 1. The molecular weight excluding hydrogens is 258 g/mol. The highest BCUT2D eigenvalue weighted by atomic mass is 32.2. The Balaban J connectivity index is 1.89. The van der Waals surface area contributed by atoms with Crippen LogP contribution < -0.4 is 0 Å². The summed E-state index contributed by atoms with van der Waals surface area (Å²) in [7, 11) is 1.86. The number of nitrogens with zero attached hydrogens (tertiary/aromatic N) is 2. The van der Waals surface area contributed by atoms with Gasteiger partial charge in [-0.05, 0) is 18.6 Å². The van der Waals surface area contributed by atoms with Crippen LogP contribution >= 0.6 is 11.8 Å². The number of hydrogen-bond donors (Lipinski definition) is 1. The van der Waals surface area contributed by atoms with E-state index in [4.69, 9.17) is 0 Å². The Morgan fingerprint density at radius 2 is 2.21 bits per heavy atom. The molecule has 0 bridgehead atoms. The molecule has 0 atom stereocenters. The number of hydrogen-bond acceptors (Lipinski definition) is 3. The molecule has 0 saturated carbocycles. The van der Waals surface area contributed by atoms with Crippen LogP contribution in [0.2, 0.25) is 0 Å². The topological polar surface area (TPSA) is 49.0 Å². The highest BCUT2D eigenvalue weighted by Crippen LogP contribution is 2.19. The summed E-state index contributed by atoms with van der Waals surface area (Å²) in [6.45, 7) is 2.96. The number of benzene rings is 1. The lowest BCUT2D eigenvalue weighted by Gasteiger charge is -2.15. The van der Waals surface area contributed by atoms with Crippen LogP contribution in [0.3, 0.4) is 0 Å². The third kappa shape index (κ3) is 3.73. The van der Waals surface area contributed by atoms with E-state index in [9.17, 15) is 4.79 Å². The Morgan fingerprint density at radius 1 is 1.42 bits per heavy atom. The average molecular weight is 277 g/mol. The Bertz CT molecular complexity index is 519. The van der Waals surface area contributed by atoms with Crippen LogP contribution in [0.1, 0.15) is 19.8 Å². The molecule has 1 amide bonds. The highest BCUT2D eigenvalue weighted by Gasteiger charge is 2.10. The number of fused-ring (bicyclic) bond motifs is 1. The number of carbonyl (C=O) groups excluding carboxylic acids is 1. The SMILES string of the molecule is CCCCN(C)C(=O)CSc1nc2ccccc2[nH]1. The van der Waals surface area contributed by atoms with Crippen molar-refractivity contribution in [3.8, 4) is 0 Å². The zero-order chi connectivity index (χ0) is 13.7. The number of nitrogens with one attached hydrogen (secondary N) is 1. The smallest absolute Gasteiger partial charge is 0.232 e. The van der Waals surface area contributed by atoms with E-state index >= 15 is 0 Å². The molecule has 102 valence electrons. The van der Waals surface area contributed by atoms with Crippen molar-refractivity contribution in [2.24, 2.45) is 0 Å². The summed E-state index contributed by atoms with van der Waals surface area (Å²) in [4.78, 5) is 21.3. The van der Waals surface area contributed by atoms with E-state index in [1.54, 1.807) is 4.90 Å². The molecule has 1 aromatic carbocycles. The third-order valence-corrected chi connectivity index (χ3v) is 3.83. The first-order valence-electron chi connectivity index (χ1n) is 6.52. The fourth-order valence-corrected chi connectivity index (χ4v) is 2.58. The first-order valence-corrected chi connectivity index (χ1v) is 7.50. The molecule has 0 radical (unpaired) electrons. The van der Waals surface area contributed by atoms with Crippen LogP contribution in [-0.4, -0.2) is 40.1 Å². The van der Waals surface area contributed by atoms with Crippen molar-refractivity contribution in [2.75, 3.05) is 19.3 Å². The van der Waals surface area contributed by atoms with E-state index in [2.05, 4.69) is 16.9 Å². The molecule has 0 spiro atoms. The van der Waals surface area contributed by atoms with Crippen molar-refractivity contribution in [3.05, 3.63) is 24.3 Å². The normalized spacial score (nSPS) is 10.8. The zero-order valence-corrected chi connectivity index (χ0v) is 12.2. The van der Waals surface area contributed by atoms with Crippen molar-refractivity contribution < 1.29 is 4.79 Å². The van der Waals surface area contributed by atoms with E-state index in [0.29, 0.717) is 5.75 Å². The number of amides is 1. The van der Waals surface area contributed by atoms with E-state index < -0.39 is 0 Å². The van der Waals surface area contributed by atoms with Crippen molar-refractivity contribution in [2.45, 2.75) is 24.9 Å². The van der Waals surface area contributed by atoms with Crippen LogP contribution in [0.15, 0.2) is 29.4 Å². The molecule has 0 fully saturated rings. The summed E-state index contributed by atoms with van der Waals surface area (Å²) in [5.41, 5.74) is 1.95. The number of rotatable bonds is 6. The van der Waals surface area contributed by atoms with Crippen molar-refractivity contribution in [3.63, 3.8) is 0 Å². The molecule has 0 saturated heterocycles. The molecule has 1 heterocycles. The molecule has 4 nitrogen and oxygen atoms in total. The monoisotopic (exact) mass is 277 g/mol. The Kier molecular flexibility index (Phi) is 4.85. The highest BCUT2D eigenvalue weighted by molar-refractivity contribution is 7.99. The van der Waals surface area contributed by atoms with E-state index in [-0.39, 0.29) is 5.91 Å². The second kappa shape index (κ2) is 6.61. The van der Waals surface area contributed by atoms with Crippen molar-refractivity contribution >= 4 is 28.7 Å². The number of unbranched alkanes of at least 4 members (excludes halogenated alkanes) is 1. The standard InChI is InChI=1S/C14H19N3OS/c1-3-4-9-17(2)13(18)10-19-14-15-11-7-5-6-8-12(11)16-14/h5-8H,3-4,9-10H2,1-2H3,(H,15,16). The molecular formula is C14H19N3OS. The second-order valence-electron chi connectivity index (χ2n) is 4.52. The molecule has 19 heavy (non-hydrogen) atoms. The van der Waals surface area contributed by atoms with Gasteiger partial charge in [-0.3, -0.25) is 4.79 Å². The van der Waals surface area contributed by atoms with Gasteiger partial charge in [0, 0.05) is 13.6 Å². The summed E-state index contributed by atoms with van der Waals surface area (Å²) >= 11 is 1.46. The molecule has 2 aromatic rings. The van der Waals surface area contributed by atoms with Crippen molar-refractivity contribution in [1.29, 1.82) is 0 Å². The summed E-state index contributed by atoms with van der Waals surface area (Å²) in [5.74, 6) is 0.582. The second-order valence-corrected chi connectivity index (χ2v) is 5.48. The zero-order valence-electron chi connectivity index (χ0n) is 11.3. The lowest BCUT2D eigenvalue weighted by atomic mass is 10.3. The van der Waals surface area contributed by atoms with Crippen LogP contribution in [0.5, 0.6) is 0 Å². The maximum absolute atomic E-state index is 11.9. The van der Waals surface area contributed by atoms with E-state index in [1.807, 2.05) is 31.3 Å². The van der Waals surface area contributed by atoms with Gasteiger partial charge in [0.2, 0.25) is 5.91 Å². The predicted octanol–water partition coefficient (Wildman–Crippen LogP) is 2.91. The van der Waals surface area contributed by atoms with E-state index in [1.165, 1.54) is 11.8 Å².